The molecule has 0 bridgehead atoms. The zero-order valence-corrected chi connectivity index (χ0v) is 21.4. The van der Waals surface area contributed by atoms with Gasteiger partial charge in [-0.05, 0) is 60.5 Å². The van der Waals surface area contributed by atoms with Gasteiger partial charge >= 0.3 is 0 Å². The topological polar surface area (TPSA) is 65.4 Å². The van der Waals surface area contributed by atoms with Crippen molar-refractivity contribution in [3.8, 4) is 11.5 Å². The van der Waals surface area contributed by atoms with Gasteiger partial charge in [-0.3, -0.25) is 9.48 Å². The molecule has 0 unspecified atom stereocenters. The lowest BCUT2D eigenvalue weighted by Crippen LogP contribution is -2.09. The summed E-state index contributed by atoms with van der Waals surface area (Å²) < 4.78 is 13.1. The number of carbonyl (C=O) groups is 1. The third kappa shape index (κ3) is 6.90. The van der Waals surface area contributed by atoms with E-state index in [0.29, 0.717) is 29.0 Å². The number of aromatic nitrogens is 2. The maximum atomic E-state index is 12.5. The molecule has 0 spiro atoms. The number of ether oxygens (including phenoxy) is 2. The van der Waals surface area contributed by atoms with E-state index in [1.165, 1.54) is 11.6 Å². The maximum absolute atomic E-state index is 12.5. The lowest BCUT2D eigenvalue weighted by Gasteiger charge is -2.11. The third-order valence-corrected chi connectivity index (χ3v) is 6.11. The van der Waals surface area contributed by atoms with E-state index in [4.69, 9.17) is 32.7 Å². The Morgan fingerprint density at radius 3 is 2.58 bits per heavy atom. The molecule has 1 aromatic heterocycles. The van der Waals surface area contributed by atoms with E-state index in [-0.39, 0.29) is 5.91 Å². The van der Waals surface area contributed by atoms with Crippen LogP contribution in [0.5, 0.6) is 11.5 Å². The largest absolute Gasteiger partial charge is 0.496 e. The molecular weight excluding hydrogens is 497 g/mol. The number of halogens is 2. The second-order valence-electron chi connectivity index (χ2n) is 8.14. The first-order chi connectivity index (χ1) is 17.4. The number of anilines is 1. The van der Waals surface area contributed by atoms with Gasteiger partial charge in [-0.15, -0.1) is 0 Å². The fourth-order valence-corrected chi connectivity index (χ4v) is 3.81. The molecule has 0 aliphatic carbocycles. The molecule has 6 nitrogen and oxygen atoms in total. The fraction of sp³-hybridized carbons (Fsp3) is 0.143. The molecule has 36 heavy (non-hydrogen) atoms. The van der Waals surface area contributed by atoms with Crippen LogP contribution >= 0.6 is 23.2 Å². The van der Waals surface area contributed by atoms with Gasteiger partial charge in [0.25, 0.3) is 0 Å². The van der Waals surface area contributed by atoms with Gasteiger partial charge in [0.1, 0.15) is 18.1 Å². The van der Waals surface area contributed by atoms with Gasteiger partial charge in [-0.2, -0.15) is 5.10 Å². The second kappa shape index (κ2) is 11.8. The van der Waals surface area contributed by atoms with E-state index in [1.807, 2.05) is 55.5 Å². The van der Waals surface area contributed by atoms with Gasteiger partial charge in [-0.1, -0.05) is 53.0 Å². The molecule has 0 aliphatic rings. The summed E-state index contributed by atoms with van der Waals surface area (Å²) in [5.74, 6) is 1.66. The number of aryl methyl sites for hydroxylation is 1. The fourth-order valence-electron chi connectivity index (χ4n) is 3.49. The first kappa shape index (κ1) is 25.4. The molecule has 0 aliphatic heterocycles. The molecule has 0 radical (unpaired) electrons. The Morgan fingerprint density at radius 2 is 1.83 bits per heavy atom. The Labute approximate surface area is 220 Å². The Morgan fingerprint density at radius 1 is 1.03 bits per heavy atom. The average molecular weight is 522 g/mol. The molecule has 4 rings (SSSR count). The minimum Gasteiger partial charge on any atom is -0.496 e. The standard InChI is InChI=1S/C28H25Cl2N3O3/c1-19-3-8-23(9-4-19)36-18-22-15-20(6-11-26(22)35-2)7-12-28(34)31-27-13-14-33(32-27)17-21-5-10-24(29)25(30)16-21/h3-16H,17-18H2,1-2H3,(H,31,32,34)/b12-7+. The Hall–Kier alpha value is -3.74. The smallest absolute Gasteiger partial charge is 0.249 e. The molecule has 1 amide bonds. The summed E-state index contributed by atoms with van der Waals surface area (Å²) in [5.41, 5.74) is 3.84. The van der Waals surface area contributed by atoms with E-state index >= 15 is 0 Å². The zero-order chi connectivity index (χ0) is 25.5. The average Bonchev–Trinajstić information content (AvgIpc) is 3.31. The molecule has 0 saturated carbocycles. The number of amides is 1. The molecular formula is C28H25Cl2N3O3. The minimum absolute atomic E-state index is 0.289. The quantitative estimate of drug-likeness (QED) is 0.246. The number of carbonyl (C=O) groups excluding carboxylic acids is 1. The number of benzene rings is 3. The van der Waals surface area contributed by atoms with Crippen molar-refractivity contribution < 1.29 is 14.3 Å². The highest BCUT2D eigenvalue weighted by Crippen LogP contribution is 2.24. The van der Waals surface area contributed by atoms with E-state index in [0.717, 1.165) is 28.2 Å². The van der Waals surface area contributed by atoms with Gasteiger partial charge in [0.2, 0.25) is 5.91 Å². The van der Waals surface area contributed by atoms with E-state index in [2.05, 4.69) is 10.4 Å². The van der Waals surface area contributed by atoms with Crippen LogP contribution in [0.2, 0.25) is 10.0 Å². The van der Waals surface area contributed by atoms with Crippen molar-refractivity contribution >= 4 is 41.0 Å². The van der Waals surface area contributed by atoms with E-state index in [1.54, 1.807) is 42.3 Å². The number of hydrogen-bond acceptors (Lipinski definition) is 4. The van der Waals surface area contributed by atoms with Gasteiger partial charge in [0.05, 0.1) is 23.7 Å². The highest BCUT2D eigenvalue weighted by molar-refractivity contribution is 6.42. The van der Waals surface area contributed by atoms with Crippen molar-refractivity contribution in [3.05, 3.63) is 111 Å². The number of hydrogen-bond donors (Lipinski definition) is 1. The van der Waals surface area contributed by atoms with Crippen LogP contribution in [0.4, 0.5) is 5.82 Å². The summed E-state index contributed by atoms with van der Waals surface area (Å²) in [4.78, 5) is 12.5. The van der Waals surface area contributed by atoms with Gasteiger partial charge in [0.15, 0.2) is 5.82 Å². The summed E-state index contributed by atoms with van der Waals surface area (Å²) in [6, 6.07) is 20.7. The number of nitrogens with one attached hydrogen (secondary N) is 1. The maximum Gasteiger partial charge on any atom is 0.249 e. The van der Waals surface area contributed by atoms with Gasteiger partial charge < -0.3 is 14.8 Å². The summed E-state index contributed by atoms with van der Waals surface area (Å²) >= 11 is 12.0. The Balaban J connectivity index is 1.36. The van der Waals surface area contributed by atoms with E-state index < -0.39 is 0 Å². The monoisotopic (exact) mass is 521 g/mol. The normalized spacial score (nSPS) is 11.0. The van der Waals surface area contributed by atoms with Crippen molar-refractivity contribution in [2.45, 2.75) is 20.1 Å². The minimum atomic E-state index is -0.289. The van der Waals surface area contributed by atoms with Crippen molar-refractivity contribution in [3.63, 3.8) is 0 Å². The first-order valence-corrected chi connectivity index (χ1v) is 12.0. The molecule has 4 aromatic rings. The summed E-state index contributed by atoms with van der Waals surface area (Å²) in [7, 11) is 1.62. The molecule has 0 saturated heterocycles. The molecule has 184 valence electrons. The first-order valence-electron chi connectivity index (χ1n) is 11.2. The predicted molar refractivity (Wildman–Crippen MR) is 144 cm³/mol. The molecule has 1 heterocycles. The highest BCUT2D eigenvalue weighted by atomic mass is 35.5. The Kier molecular flexibility index (Phi) is 8.31. The van der Waals surface area contributed by atoms with Gasteiger partial charge in [0, 0.05) is 23.9 Å². The number of rotatable bonds is 9. The summed E-state index contributed by atoms with van der Waals surface area (Å²) in [6.45, 7) is 2.88. The number of methoxy groups -OCH3 is 1. The van der Waals surface area contributed by atoms with Crippen LogP contribution < -0.4 is 14.8 Å². The van der Waals surface area contributed by atoms with Crippen molar-refractivity contribution in [1.29, 1.82) is 0 Å². The van der Waals surface area contributed by atoms with Crippen LogP contribution in [0.15, 0.2) is 79.0 Å². The van der Waals surface area contributed by atoms with E-state index in [9.17, 15) is 4.79 Å². The van der Waals surface area contributed by atoms with Crippen LogP contribution in [-0.2, 0) is 17.9 Å². The van der Waals surface area contributed by atoms with Crippen LogP contribution in [0.3, 0.4) is 0 Å². The predicted octanol–water partition coefficient (Wildman–Crippen LogP) is 6.79. The van der Waals surface area contributed by atoms with Crippen molar-refractivity contribution in [2.24, 2.45) is 0 Å². The molecule has 8 heteroatoms. The van der Waals surface area contributed by atoms with Crippen LogP contribution in [0, 0.1) is 6.92 Å². The van der Waals surface area contributed by atoms with Crippen molar-refractivity contribution in [2.75, 3.05) is 12.4 Å². The van der Waals surface area contributed by atoms with Crippen LogP contribution in [0.25, 0.3) is 6.08 Å². The molecule has 1 N–H and O–H groups in total. The molecule has 0 fully saturated rings. The molecule has 3 aromatic carbocycles. The van der Waals surface area contributed by atoms with Crippen molar-refractivity contribution in [1.82, 2.24) is 9.78 Å². The van der Waals surface area contributed by atoms with Crippen LogP contribution in [-0.4, -0.2) is 22.8 Å². The Bertz CT molecular complexity index is 1380. The summed E-state index contributed by atoms with van der Waals surface area (Å²) in [5, 5.41) is 8.15. The van der Waals surface area contributed by atoms with Gasteiger partial charge in [-0.25, -0.2) is 0 Å². The highest BCUT2D eigenvalue weighted by Gasteiger charge is 2.07. The van der Waals surface area contributed by atoms with Crippen LogP contribution in [0.1, 0.15) is 22.3 Å². The lowest BCUT2D eigenvalue weighted by molar-refractivity contribution is -0.111. The SMILES string of the molecule is COc1ccc(/C=C/C(=O)Nc2ccn(Cc3ccc(Cl)c(Cl)c3)n2)cc1COc1ccc(C)cc1. The lowest BCUT2D eigenvalue weighted by atomic mass is 10.1. The summed E-state index contributed by atoms with van der Waals surface area (Å²) in [6.07, 6.45) is 4.98. The molecule has 0 atom stereocenters. The number of nitrogens with zero attached hydrogens (tertiary/aromatic N) is 2. The zero-order valence-electron chi connectivity index (χ0n) is 19.9. The second-order valence-corrected chi connectivity index (χ2v) is 8.96. The third-order valence-electron chi connectivity index (χ3n) is 5.37.